The fourth-order valence-electron chi connectivity index (χ4n) is 17.8. The third kappa shape index (κ3) is 24.0. The van der Waals surface area contributed by atoms with Crippen molar-refractivity contribution in [3.8, 4) is 79.0 Å². The van der Waals surface area contributed by atoms with E-state index in [1.54, 1.807) is 0 Å². The van der Waals surface area contributed by atoms with Crippen molar-refractivity contribution >= 4 is 46.4 Å². The minimum absolute atomic E-state index is 0.161. The molecule has 0 spiro atoms. The fourth-order valence-corrected chi connectivity index (χ4v) is 17.8. The number of nitrogens with one attached hydrogen (secondary N) is 4. The van der Waals surface area contributed by atoms with Crippen molar-refractivity contribution in [3.05, 3.63) is 440 Å². The van der Waals surface area contributed by atoms with E-state index in [2.05, 4.69) is 331 Å². The van der Waals surface area contributed by atoms with Crippen LogP contribution in [0, 0.1) is 0 Å². The van der Waals surface area contributed by atoms with Crippen molar-refractivity contribution in [1.82, 2.24) is 60.6 Å². The molecular formula is C124H122N12O6. The number of hydrogen-bond donors (Lipinski definition) is 4. The van der Waals surface area contributed by atoms with Crippen molar-refractivity contribution in [3.63, 3.8) is 0 Å². The zero-order chi connectivity index (χ0) is 97.9. The van der Waals surface area contributed by atoms with Gasteiger partial charge in [-0.15, -0.1) is 10.2 Å². The van der Waals surface area contributed by atoms with Gasteiger partial charge >= 0.3 is 0 Å². The summed E-state index contributed by atoms with van der Waals surface area (Å²) in [7, 11) is 0. The Morgan fingerprint density at radius 1 is 0.246 bits per heavy atom. The Kier molecular flexibility index (Phi) is 28.2. The largest absolute Gasteiger partial charge is 0.489 e. The highest BCUT2D eigenvalue weighted by Crippen LogP contribution is 2.44. The third-order valence-corrected chi connectivity index (χ3v) is 25.8. The average molecular weight is 1880 g/mol. The summed E-state index contributed by atoms with van der Waals surface area (Å²) in [6, 6.07) is 110. The Balaban J connectivity index is 0.577. The van der Waals surface area contributed by atoms with Gasteiger partial charge in [-0.1, -0.05) is 324 Å². The van der Waals surface area contributed by atoms with Crippen LogP contribution in [0.25, 0.3) is 90.9 Å². The molecule has 0 unspecified atom stereocenters. The van der Waals surface area contributed by atoms with Crippen LogP contribution in [-0.2, 0) is 101 Å². The predicted molar refractivity (Wildman–Crippen MR) is 572 cm³/mol. The van der Waals surface area contributed by atoms with Gasteiger partial charge in [0.05, 0.1) is 48.3 Å². The quantitative estimate of drug-likeness (QED) is 0.0297. The maximum Gasteiger partial charge on any atom is 0.134 e. The van der Waals surface area contributed by atoms with Crippen molar-refractivity contribution < 1.29 is 28.4 Å². The summed E-state index contributed by atoms with van der Waals surface area (Å²) in [6.45, 7) is 33.4. The van der Waals surface area contributed by atoms with Gasteiger partial charge in [0.15, 0.2) is 0 Å². The van der Waals surface area contributed by atoms with Crippen LogP contribution in [0.2, 0.25) is 0 Å². The van der Waals surface area contributed by atoms with E-state index in [1.807, 2.05) is 155 Å². The number of aromatic nitrogens is 10. The number of H-pyrrole nitrogens is 2. The Morgan fingerprint density at radius 3 is 0.782 bits per heavy atom. The lowest BCUT2D eigenvalue weighted by molar-refractivity contribution is 0.289. The number of nitrogens with zero attached hydrogens (tertiary/aromatic N) is 8. The first-order chi connectivity index (χ1) is 68.7. The summed E-state index contributed by atoms with van der Waals surface area (Å²) in [5.41, 5.74) is 31.9. The average Bonchev–Trinajstić information content (AvgIpc) is 1.59. The second kappa shape index (κ2) is 42.1. The predicted octanol–water partition coefficient (Wildman–Crippen LogP) is 27.8. The maximum absolute atomic E-state index is 6.30. The molecule has 18 heteroatoms. The van der Waals surface area contributed by atoms with Crippen LogP contribution in [0.5, 0.6) is 34.5 Å². The topological polar surface area (TPSA) is 198 Å². The van der Waals surface area contributed by atoms with E-state index >= 15 is 0 Å². The first kappa shape index (κ1) is 95.2. The van der Waals surface area contributed by atoms with Gasteiger partial charge in [-0.05, 0) is 219 Å². The molecule has 0 aliphatic carbocycles. The highest BCUT2D eigenvalue weighted by molar-refractivity contribution is 6.00. The van der Waals surface area contributed by atoms with Crippen LogP contribution in [0.15, 0.2) is 328 Å². The molecule has 714 valence electrons. The molecule has 2 aliphatic heterocycles. The number of fused-ring (bicyclic) bond motifs is 8. The molecule has 0 radical (unpaired) electrons. The summed E-state index contributed by atoms with van der Waals surface area (Å²) >= 11 is 0. The maximum atomic E-state index is 6.30. The Hall–Kier alpha value is -15.8. The molecule has 19 rings (SSSR count). The van der Waals surface area contributed by atoms with Crippen molar-refractivity contribution in [2.24, 2.45) is 0 Å². The van der Waals surface area contributed by atoms with Crippen LogP contribution in [0.4, 0.5) is 0 Å². The molecule has 4 N–H and O–H groups in total. The molecule has 7 heterocycles. The zero-order valence-corrected chi connectivity index (χ0v) is 83.0. The minimum atomic E-state index is -0.161. The Labute approximate surface area is 832 Å². The van der Waals surface area contributed by atoms with Gasteiger partial charge in [0.2, 0.25) is 0 Å². The molecule has 5 aromatic heterocycles. The van der Waals surface area contributed by atoms with Crippen LogP contribution >= 0.6 is 0 Å². The zero-order valence-electron chi connectivity index (χ0n) is 83.0. The highest BCUT2D eigenvalue weighted by Gasteiger charge is 2.28. The summed E-state index contributed by atoms with van der Waals surface area (Å²) in [5.74, 6) is 4.34. The molecule has 0 atom stereocenters. The first-order valence-corrected chi connectivity index (χ1v) is 49.0. The molecule has 0 saturated heterocycles. The molecule has 17 aromatic rings. The molecule has 0 fully saturated rings. The number of hydrogen-bond acceptors (Lipinski definition) is 14. The molecule has 8 bridgehead atoms. The summed E-state index contributed by atoms with van der Waals surface area (Å²) in [6.07, 6.45) is 12.7. The van der Waals surface area contributed by atoms with E-state index in [1.165, 1.54) is 22.3 Å². The van der Waals surface area contributed by atoms with Crippen LogP contribution in [-0.4, -0.2) is 49.9 Å². The lowest BCUT2D eigenvalue weighted by Crippen LogP contribution is -2.16. The molecule has 18 nitrogen and oxygen atoms in total. The highest BCUT2D eigenvalue weighted by atomic mass is 16.5. The molecule has 0 amide bonds. The van der Waals surface area contributed by atoms with Gasteiger partial charge in [0.25, 0.3) is 0 Å². The van der Waals surface area contributed by atoms with Gasteiger partial charge in [0.1, 0.15) is 85.5 Å². The Morgan fingerprint density at radius 2 is 0.507 bits per heavy atom. The van der Waals surface area contributed by atoms with Gasteiger partial charge < -0.3 is 49.0 Å². The van der Waals surface area contributed by atoms with Crippen molar-refractivity contribution in [1.29, 1.82) is 0 Å². The number of aromatic amines is 2. The van der Waals surface area contributed by atoms with E-state index < -0.39 is 0 Å². The second-order valence-corrected chi connectivity index (χ2v) is 41.1. The van der Waals surface area contributed by atoms with Crippen LogP contribution in [0.3, 0.4) is 0 Å². The summed E-state index contributed by atoms with van der Waals surface area (Å²) in [5, 5.41) is 25.4. The summed E-state index contributed by atoms with van der Waals surface area (Å²) < 4.78 is 41.4. The van der Waals surface area contributed by atoms with E-state index in [9.17, 15) is 0 Å². The van der Waals surface area contributed by atoms with E-state index in [0.717, 1.165) is 156 Å². The van der Waals surface area contributed by atoms with E-state index in [-0.39, 0.29) is 34.9 Å². The molecular weight excluding hydrogens is 1750 g/mol. The van der Waals surface area contributed by atoms with Gasteiger partial charge in [-0.3, -0.25) is 0 Å². The molecule has 12 aromatic carbocycles. The lowest BCUT2D eigenvalue weighted by atomic mass is 9.78. The van der Waals surface area contributed by atoms with Crippen molar-refractivity contribution in [2.45, 2.75) is 184 Å². The van der Waals surface area contributed by atoms with Crippen LogP contribution in [0.1, 0.15) is 195 Å². The second-order valence-electron chi connectivity index (χ2n) is 41.1. The number of rotatable bonds is 34. The van der Waals surface area contributed by atoms with Crippen molar-refractivity contribution in [2.75, 3.05) is 0 Å². The standard InChI is InChI=1S/C124H122N12O6/c1-121(2,3)97-61-95(62-98(65-97)122(4,5)6)119-113-53-49-109(127-113)117(93-41-33-83(34-42-93)69-125-71-85-37-45-103(46-38-85)141-81-101-75-135(133-131-101)73-91-57-105(137-77-87-25-17-13-18-26-87)67-106(58-91)138-78-88-27-19-14-20-28-88)111-51-55-115(129-111)120(96-63-99(123(7,8)9)66-100(64-96)124(10,11)12)116-56-52-112(130-116)118(110-50-54-114(119)128-110)94-43-35-84(36-44-94)70-126-72-86-39-47-104(48-40-86)142-82-102-76-136(134-132-102)74-92-59-107(139-79-89-29-21-15-22-30-89)68-108(60-92)140-80-90-31-23-16-24-32-90/h13-68,75-76,125-127,130H,69-74,77-82H2,1-12H3. The normalized spacial score (nSPS) is 12.1. The van der Waals surface area contributed by atoms with Crippen LogP contribution < -0.4 is 39.1 Å². The third-order valence-electron chi connectivity index (χ3n) is 25.8. The molecule has 2 aliphatic rings. The first-order valence-electron chi connectivity index (χ1n) is 49.0. The number of ether oxygens (including phenoxy) is 6. The summed E-state index contributed by atoms with van der Waals surface area (Å²) in [4.78, 5) is 19.9. The van der Waals surface area contributed by atoms with Gasteiger partial charge in [0, 0.05) is 82.6 Å². The lowest BCUT2D eigenvalue weighted by Gasteiger charge is -2.26. The molecule has 0 saturated carbocycles. The fraction of sp³-hybridized carbons (Fsp3) is 0.226. The monoisotopic (exact) mass is 1870 g/mol. The van der Waals surface area contributed by atoms with Gasteiger partial charge in [-0.25, -0.2) is 19.3 Å². The Bertz CT molecular complexity index is 6890. The SMILES string of the molecule is CC(C)(C)c1cc(-c2c3nc(c(-c4ccc(CNCc5ccc(OCc6cn(Cc7cc(OCc8ccccc8)cc(OCc8ccccc8)c7)nn6)cc5)cc4)c4ccc([nH]4)c(-c4cc(C(C)(C)C)cc(C(C)(C)C)c4)c4nc(c(-c5ccc(CNCc6ccc(OCc7cn(Cc8cc(OCc9ccccc9)cc(OCc9ccccc9)c8)nn7)cc6)cc5)c5ccc2[nH]5)C=C4)C=C3)cc(C(C)(C)C)c1. The molecule has 142 heavy (non-hydrogen) atoms. The number of benzene rings is 12. The van der Waals surface area contributed by atoms with Gasteiger partial charge in [-0.2, -0.15) is 0 Å². The smallest absolute Gasteiger partial charge is 0.134 e. The minimum Gasteiger partial charge on any atom is -0.489 e. The van der Waals surface area contributed by atoms with E-state index in [4.69, 9.17) is 38.4 Å². The van der Waals surface area contributed by atoms with E-state index in [0.29, 0.717) is 100 Å².